The summed E-state index contributed by atoms with van der Waals surface area (Å²) < 4.78 is 4.52. The Labute approximate surface area is 67.3 Å². The molecule has 0 amide bonds. The molecule has 0 rings (SSSR count). The Morgan fingerprint density at radius 1 is 1.55 bits per heavy atom. The number of rotatable bonds is 2. The molecule has 0 saturated carbocycles. The van der Waals surface area contributed by atoms with E-state index in [1.807, 2.05) is 0 Å². The van der Waals surface area contributed by atoms with Crippen LogP contribution in [0.4, 0.5) is 0 Å². The van der Waals surface area contributed by atoms with Crippen molar-refractivity contribution in [1.29, 1.82) is 0 Å². The number of hydrogen-bond donors (Lipinski definition) is 2. The van der Waals surface area contributed by atoms with Crippen molar-refractivity contribution in [3.05, 3.63) is 0 Å². The van der Waals surface area contributed by atoms with Crippen molar-refractivity contribution in [2.24, 2.45) is 5.73 Å². The summed E-state index contributed by atoms with van der Waals surface area (Å²) in [6.07, 6.45) is 0. The molecular weight excluding hydrogens is 146 g/mol. The second-order valence-corrected chi connectivity index (χ2v) is 2.28. The first kappa shape index (κ1) is 13.0. The Balaban J connectivity index is 0. The fraction of sp³-hybridized carbons (Fsp3) is 0.857. The first-order chi connectivity index (χ1) is 4.98. The Kier molecular flexibility index (Phi) is 7.24. The van der Waals surface area contributed by atoms with Crippen molar-refractivity contribution in [2.45, 2.75) is 26.4 Å². The van der Waals surface area contributed by atoms with Gasteiger partial charge in [0.15, 0.2) is 5.60 Å². The quantitative estimate of drug-likeness (QED) is 0.557. The summed E-state index contributed by atoms with van der Waals surface area (Å²) in [5, 5.41) is 8.94. The normalized spacial score (nSPS) is 9.64. The van der Waals surface area contributed by atoms with Crippen LogP contribution < -0.4 is 5.73 Å². The second-order valence-electron chi connectivity index (χ2n) is 2.28. The highest BCUT2D eigenvalue weighted by molar-refractivity contribution is 5.78. The highest BCUT2D eigenvalue weighted by Gasteiger charge is 2.24. The molecule has 0 aromatic carbocycles. The van der Waals surface area contributed by atoms with Crippen LogP contribution in [-0.4, -0.2) is 30.3 Å². The Hall–Kier alpha value is -0.610. The fourth-order valence-corrected chi connectivity index (χ4v) is 0.308. The number of hydrogen-bond acceptors (Lipinski definition) is 4. The number of aliphatic hydroxyl groups is 1. The smallest absolute Gasteiger partial charge is 0.337 e. The fourth-order valence-electron chi connectivity index (χ4n) is 0.308. The number of carbonyl (C=O) groups is 1. The lowest BCUT2D eigenvalue weighted by Gasteiger charge is -2.13. The first-order valence-electron chi connectivity index (χ1n) is 3.45. The number of ether oxygens (including phenoxy) is 1. The van der Waals surface area contributed by atoms with E-state index >= 15 is 0 Å². The van der Waals surface area contributed by atoms with Crippen LogP contribution in [0.1, 0.15) is 20.8 Å². The Morgan fingerprint density at radius 2 is 1.91 bits per heavy atom. The van der Waals surface area contributed by atoms with Crippen LogP contribution in [-0.2, 0) is 9.53 Å². The van der Waals surface area contributed by atoms with Gasteiger partial charge in [-0.2, -0.15) is 0 Å². The van der Waals surface area contributed by atoms with E-state index in [1.54, 1.807) is 6.92 Å². The van der Waals surface area contributed by atoms with E-state index in [-0.39, 0.29) is 0 Å². The summed E-state index contributed by atoms with van der Waals surface area (Å²) >= 11 is 0. The van der Waals surface area contributed by atoms with Gasteiger partial charge in [-0.25, -0.2) is 4.79 Å². The molecule has 4 nitrogen and oxygen atoms in total. The third-order valence-corrected chi connectivity index (χ3v) is 0.775. The molecule has 4 heteroatoms. The minimum Gasteiger partial charge on any atom is -0.464 e. The van der Waals surface area contributed by atoms with Crippen LogP contribution in [0.3, 0.4) is 0 Å². The van der Waals surface area contributed by atoms with Crippen LogP contribution in [0.15, 0.2) is 0 Å². The van der Waals surface area contributed by atoms with E-state index in [0.717, 1.165) is 0 Å². The van der Waals surface area contributed by atoms with Crippen molar-refractivity contribution in [1.82, 2.24) is 0 Å². The first-order valence-corrected chi connectivity index (χ1v) is 3.45. The van der Waals surface area contributed by atoms with Gasteiger partial charge in [-0.15, -0.1) is 0 Å². The molecule has 0 atom stereocenters. The SMILES string of the molecule is CCOC(=O)C(C)(C)O.CN. The molecule has 0 radical (unpaired) electrons. The summed E-state index contributed by atoms with van der Waals surface area (Å²) in [5.74, 6) is -0.579. The zero-order valence-electron chi connectivity index (χ0n) is 7.55. The lowest BCUT2D eigenvalue weighted by atomic mass is 10.1. The summed E-state index contributed by atoms with van der Waals surface area (Å²) in [4.78, 5) is 10.6. The molecule has 0 aliphatic heterocycles. The monoisotopic (exact) mass is 163 g/mol. The standard InChI is InChI=1S/C6H12O3.CH5N/c1-4-9-5(7)6(2,3)8;1-2/h8H,4H2,1-3H3;2H2,1H3. The van der Waals surface area contributed by atoms with Gasteiger partial charge < -0.3 is 15.6 Å². The molecule has 0 heterocycles. The molecule has 0 aromatic heterocycles. The highest BCUT2D eigenvalue weighted by atomic mass is 16.5. The predicted molar refractivity (Wildman–Crippen MR) is 43.0 cm³/mol. The molecule has 0 fully saturated rings. The molecule has 0 aliphatic carbocycles. The van der Waals surface area contributed by atoms with Gasteiger partial charge >= 0.3 is 5.97 Å². The third-order valence-electron chi connectivity index (χ3n) is 0.775. The molecule has 0 bridgehead atoms. The van der Waals surface area contributed by atoms with Gasteiger partial charge in [-0.05, 0) is 27.8 Å². The Bertz CT molecular complexity index is 107. The van der Waals surface area contributed by atoms with Crippen molar-refractivity contribution in [3.8, 4) is 0 Å². The van der Waals surface area contributed by atoms with Crippen molar-refractivity contribution in [3.63, 3.8) is 0 Å². The van der Waals surface area contributed by atoms with Crippen molar-refractivity contribution < 1.29 is 14.6 Å². The molecule has 68 valence electrons. The number of esters is 1. The molecule has 0 spiro atoms. The predicted octanol–water partition coefficient (Wildman–Crippen LogP) is -0.105. The van der Waals surface area contributed by atoms with E-state index in [9.17, 15) is 4.79 Å². The van der Waals surface area contributed by atoms with Crippen LogP contribution in [0, 0.1) is 0 Å². The average Bonchev–Trinajstić information content (AvgIpc) is 1.91. The largest absolute Gasteiger partial charge is 0.464 e. The summed E-state index contributed by atoms with van der Waals surface area (Å²) in [6, 6.07) is 0. The lowest BCUT2D eigenvalue weighted by molar-refractivity contribution is -0.161. The molecule has 11 heavy (non-hydrogen) atoms. The van der Waals surface area contributed by atoms with E-state index < -0.39 is 11.6 Å². The maximum atomic E-state index is 10.6. The van der Waals surface area contributed by atoms with E-state index in [0.29, 0.717) is 6.61 Å². The summed E-state index contributed by atoms with van der Waals surface area (Å²) in [6.45, 7) is 4.79. The van der Waals surface area contributed by atoms with Crippen LogP contribution in [0.25, 0.3) is 0 Å². The van der Waals surface area contributed by atoms with E-state index in [2.05, 4.69) is 10.5 Å². The molecule has 3 N–H and O–H groups in total. The molecule has 0 aliphatic rings. The van der Waals surface area contributed by atoms with Gasteiger partial charge in [0.1, 0.15) is 0 Å². The molecule has 0 saturated heterocycles. The van der Waals surface area contributed by atoms with Crippen LogP contribution in [0.5, 0.6) is 0 Å². The zero-order chi connectivity index (χ0) is 9.49. The van der Waals surface area contributed by atoms with Crippen molar-refractivity contribution in [2.75, 3.05) is 13.7 Å². The topological polar surface area (TPSA) is 72.5 Å². The molecular formula is C7H17NO3. The van der Waals surface area contributed by atoms with Crippen LogP contribution >= 0.6 is 0 Å². The summed E-state index contributed by atoms with van der Waals surface area (Å²) in [7, 11) is 1.50. The summed E-state index contributed by atoms with van der Waals surface area (Å²) in [5.41, 5.74) is 3.15. The zero-order valence-corrected chi connectivity index (χ0v) is 7.55. The molecule has 0 unspecified atom stereocenters. The molecule has 0 aromatic rings. The average molecular weight is 163 g/mol. The van der Waals surface area contributed by atoms with E-state index in [1.165, 1.54) is 20.9 Å². The minimum absolute atomic E-state index is 0.308. The number of nitrogens with two attached hydrogens (primary N) is 1. The minimum atomic E-state index is -1.35. The van der Waals surface area contributed by atoms with Gasteiger partial charge in [0.2, 0.25) is 0 Å². The highest BCUT2D eigenvalue weighted by Crippen LogP contribution is 2.02. The van der Waals surface area contributed by atoms with Gasteiger partial charge in [-0.1, -0.05) is 0 Å². The maximum absolute atomic E-state index is 10.6. The van der Waals surface area contributed by atoms with Gasteiger partial charge in [0.25, 0.3) is 0 Å². The van der Waals surface area contributed by atoms with Gasteiger partial charge in [0.05, 0.1) is 6.61 Å². The number of carbonyl (C=O) groups excluding carboxylic acids is 1. The lowest BCUT2D eigenvalue weighted by Crippen LogP contribution is -2.32. The van der Waals surface area contributed by atoms with Gasteiger partial charge in [-0.3, -0.25) is 0 Å². The van der Waals surface area contributed by atoms with Crippen molar-refractivity contribution >= 4 is 5.97 Å². The second kappa shape index (κ2) is 6.12. The third kappa shape index (κ3) is 7.29. The van der Waals surface area contributed by atoms with E-state index in [4.69, 9.17) is 5.11 Å². The van der Waals surface area contributed by atoms with Crippen LogP contribution in [0.2, 0.25) is 0 Å². The van der Waals surface area contributed by atoms with Gasteiger partial charge in [0, 0.05) is 0 Å². The maximum Gasteiger partial charge on any atom is 0.337 e. The Morgan fingerprint density at radius 3 is 2.00 bits per heavy atom.